The lowest BCUT2D eigenvalue weighted by Crippen LogP contribution is -1.94. The summed E-state index contributed by atoms with van der Waals surface area (Å²) in [6, 6.07) is 8.09. The fourth-order valence-electron chi connectivity index (χ4n) is 0.969. The highest BCUT2D eigenvalue weighted by atomic mass is 14.6. The van der Waals surface area contributed by atoms with Crippen molar-refractivity contribution in [1.29, 1.82) is 0 Å². The summed E-state index contributed by atoms with van der Waals surface area (Å²) in [5, 5.41) is 0. The van der Waals surface area contributed by atoms with Gasteiger partial charge in [-0.1, -0.05) is 42.5 Å². The third-order valence-corrected chi connectivity index (χ3v) is 1.68. The Morgan fingerprint density at radius 3 is 2.42 bits per heavy atom. The van der Waals surface area contributed by atoms with Crippen LogP contribution in [0.5, 0.6) is 0 Å². The van der Waals surface area contributed by atoms with Crippen LogP contribution < -0.4 is 5.73 Å². The maximum absolute atomic E-state index is 5.75. The molecule has 62 valence electrons. The molecule has 0 aromatic heterocycles. The summed E-state index contributed by atoms with van der Waals surface area (Å²) >= 11 is 0. The smallest absolute Gasteiger partial charge is 0.0387 e. The summed E-state index contributed by atoms with van der Waals surface area (Å²) in [4.78, 5) is 0. The number of rotatable bonds is 2. The highest BCUT2D eigenvalue weighted by molar-refractivity contribution is 5.64. The Hall–Kier alpha value is -1.50. The van der Waals surface area contributed by atoms with Crippen LogP contribution in [-0.4, -0.2) is 0 Å². The van der Waals surface area contributed by atoms with Crippen LogP contribution in [-0.2, 0) is 0 Å². The monoisotopic (exact) mass is 159 g/mol. The van der Waals surface area contributed by atoms with Crippen LogP contribution in [0.4, 0.5) is 0 Å². The minimum absolute atomic E-state index is 0.755. The molecule has 12 heavy (non-hydrogen) atoms. The van der Waals surface area contributed by atoms with Gasteiger partial charge in [0, 0.05) is 5.70 Å². The lowest BCUT2D eigenvalue weighted by Gasteiger charge is -2.00. The van der Waals surface area contributed by atoms with Crippen molar-refractivity contribution in [1.82, 2.24) is 0 Å². The summed E-state index contributed by atoms with van der Waals surface area (Å²) in [7, 11) is 0. The first-order valence-electron chi connectivity index (χ1n) is 3.89. The van der Waals surface area contributed by atoms with E-state index in [1.165, 1.54) is 5.56 Å². The molecule has 0 bridgehead atoms. The number of hydrogen-bond donors (Lipinski definition) is 1. The van der Waals surface area contributed by atoms with Gasteiger partial charge in [-0.2, -0.15) is 0 Å². The molecule has 1 aromatic rings. The Morgan fingerprint density at radius 1 is 1.33 bits per heavy atom. The summed E-state index contributed by atoms with van der Waals surface area (Å²) in [5.74, 6) is 0. The van der Waals surface area contributed by atoms with Gasteiger partial charge in [0.05, 0.1) is 0 Å². The second-order valence-electron chi connectivity index (χ2n) is 2.72. The molecule has 0 aliphatic carbocycles. The Kier molecular flexibility index (Phi) is 2.70. The average molecular weight is 159 g/mol. The van der Waals surface area contributed by atoms with E-state index in [4.69, 9.17) is 5.73 Å². The topological polar surface area (TPSA) is 26.0 Å². The van der Waals surface area contributed by atoms with Crippen molar-refractivity contribution in [3.05, 3.63) is 54.1 Å². The lowest BCUT2D eigenvalue weighted by molar-refractivity contribution is 1.43. The molecule has 0 fully saturated rings. The Bertz CT molecular complexity index is 293. The van der Waals surface area contributed by atoms with Crippen LogP contribution in [0.3, 0.4) is 0 Å². The van der Waals surface area contributed by atoms with Crippen molar-refractivity contribution in [3.63, 3.8) is 0 Å². The van der Waals surface area contributed by atoms with Gasteiger partial charge in [-0.05, 0) is 18.6 Å². The van der Waals surface area contributed by atoms with Crippen molar-refractivity contribution in [2.45, 2.75) is 6.92 Å². The van der Waals surface area contributed by atoms with Crippen LogP contribution in [0.25, 0.3) is 5.70 Å². The molecule has 0 aliphatic heterocycles. The van der Waals surface area contributed by atoms with Crippen molar-refractivity contribution in [2.24, 2.45) is 5.73 Å². The molecular formula is C11H13N. The molecule has 0 radical (unpaired) electrons. The van der Waals surface area contributed by atoms with Gasteiger partial charge >= 0.3 is 0 Å². The predicted octanol–water partition coefficient (Wildman–Crippen LogP) is 2.48. The highest BCUT2D eigenvalue weighted by Crippen LogP contribution is 2.09. The molecule has 1 nitrogen and oxygen atoms in total. The van der Waals surface area contributed by atoms with E-state index >= 15 is 0 Å². The zero-order chi connectivity index (χ0) is 8.97. The fraction of sp³-hybridized carbons (Fsp3) is 0.0909. The second-order valence-corrected chi connectivity index (χ2v) is 2.72. The van der Waals surface area contributed by atoms with E-state index in [-0.39, 0.29) is 0 Å². The molecule has 0 saturated heterocycles. The van der Waals surface area contributed by atoms with E-state index in [0.717, 1.165) is 11.3 Å². The highest BCUT2D eigenvalue weighted by Gasteiger charge is 1.92. The molecule has 0 atom stereocenters. The molecule has 0 aliphatic rings. The van der Waals surface area contributed by atoms with Gasteiger partial charge < -0.3 is 5.73 Å². The maximum Gasteiger partial charge on any atom is 0.0387 e. The number of benzene rings is 1. The van der Waals surface area contributed by atoms with Gasteiger partial charge in [0.2, 0.25) is 0 Å². The van der Waals surface area contributed by atoms with E-state index in [2.05, 4.69) is 13.5 Å². The van der Waals surface area contributed by atoms with Crippen molar-refractivity contribution < 1.29 is 0 Å². The Morgan fingerprint density at radius 2 is 1.92 bits per heavy atom. The Balaban J connectivity index is 2.97. The molecule has 0 unspecified atom stereocenters. The second kappa shape index (κ2) is 3.77. The number of nitrogens with two attached hydrogens (primary N) is 1. The number of aryl methyl sites for hydroxylation is 1. The van der Waals surface area contributed by atoms with E-state index in [0.29, 0.717) is 0 Å². The molecular weight excluding hydrogens is 146 g/mol. The molecule has 1 aromatic carbocycles. The first-order valence-corrected chi connectivity index (χ1v) is 3.89. The summed E-state index contributed by atoms with van der Waals surface area (Å²) < 4.78 is 0. The van der Waals surface area contributed by atoms with Gasteiger partial charge in [-0.3, -0.25) is 0 Å². The number of allylic oxidation sites excluding steroid dienone is 2. The van der Waals surface area contributed by atoms with Gasteiger partial charge in [-0.25, -0.2) is 0 Å². The minimum Gasteiger partial charge on any atom is -0.398 e. The van der Waals surface area contributed by atoms with Crippen LogP contribution >= 0.6 is 0 Å². The normalized spacial score (nSPS) is 11.2. The quantitative estimate of drug-likeness (QED) is 0.659. The van der Waals surface area contributed by atoms with Crippen LogP contribution in [0, 0.1) is 6.92 Å². The van der Waals surface area contributed by atoms with Crippen molar-refractivity contribution >= 4 is 5.70 Å². The minimum atomic E-state index is 0.755. The molecule has 1 rings (SSSR count). The average Bonchev–Trinajstić information content (AvgIpc) is 2.06. The van der Waals surface area contributed by atoms with Crippen molar-refractivity contribution in [2.75, 3.05) is 0 Å². The predicted molar refractivity (Wildman–Crippen MR) is 53.5 cm³/mol. The van der Waals surface area contributed by atoms with Crippen LogP contribution in [0.15, 0.2) is 43.0 Å². The largest absolute Gasteiger partial charge is 0.398 e. The van der Waals surface area contributed by atoms with E-state index < -0.39 is 0 Å². The Labute approximate surface area is 73.2 Å². The first-order chi connectivity index (χ1) is 5.74. The van der Waals surface area contributed by atoms with Gasteiger partial charge in [-0.15, -0.1) is 0 Å². The third kappa shape index (κ3) is 1.99. The molecule has 0 heterocycles. The zero-order valence-corrected chi connectivity index (χ0v) is 7.25. The van der Waals surface area contributed by atoms with E-state index in [1.54, 1.807) is 12.2 Å². The molecule has 0 spiro atoms. The van der Waals surface area contributed by atoms with E-state index in [1.807, 2.05) is 24.3 Å². The zero-order valence-electron chi connectivity index (χ0n) is 7.25. The fourth-order valence-corrected chi connectivity index (χ4v) is 0.969. The summed E-state index contributed by atoms with van der Waals surface area (Å²) in [5.41, 5.74) is 8.78. The van der Waals surface area contributed by atoms with Gasteiger partial charge in [0.15, 0.2) is 0 Å². The standard InChI is InChI=1S/C11H13N/c1-3-4-11(12)10-7-5-9(2)6-8-10/h3-8H,1,12H2,2H3/b11-4-. The summed E-state index contributed by atoms with van der Waals surface area (Å²) in [6.07, 6.45) is 3.49. The van der Waals surface area contributed by atoms with Gasteiger partial charge in [0.25, 0.3) is 0 Å². The SMILES string of the molecule is C=C/C=C(\N)c1ccc(C)cc1. The van der Waals surface area contributed by atoms with Gasteiger partial charge in [0.1, 0.15) is 0 Å². The molecule has 0 saturated carbocycles. The lowest BCUT2D eigenvalue weighted by atomic mass is 10.1. The van der Waals surface area contributed by atoms with Crippen LogP contribution in [0.1, 0.15) is 11.1 Å². The molecule has 0 amide bonds. The molecule has 1 heteroatoms. The number of hydrogen-bond acceptors (Lipinski definition) is 1. The first kappa shape index (κ1) is 8.60. The third-order valence-electron chi connectivity index (χ3n) is 1.68. The van der Waals surface area contributed by atoms with Crippen molar-refractivity contribution in [3.8, 4) is 0 Å². The maximum atomic E-state index is 5.75. The molecule has 2 N–H and O–H groups in total. The van der Waals surface area contributed by atoms with Crippen LogP contribution in [0.2, 0.25) is 0 Å². The van der Waals surface area contributed by atoms with E-state index in [9.17, 15) is 0 Å². The summed E-state index contributed by atoms with van der Waals surface area (Å²) in [6.45, 7) is 5.64.